The van der Waals surface area contributed by atoms with E-state index < -0.39 is 0 Å². The van der Waals surface area contributed by atoms with Crippen molar-refractivity contribution in [3.8, 4) is 0 Å². The minimum Gasteiger partial charge on any atom is -0.349 e. The van der Waals surface area contributed by atoms with Gasteiger partial charge in [-0.05, 0) is 26.8 Å². The fourth-order valence-corrected chi connectivity index (χ4v) is 1.88. The van der Waals surface area contributed by atoms with Crippen molar-refractivity contribution in [2.45, 2.75) is 32.4 Å². The molecule has 2 N–H and O–H groups in total. The van der Waals surface area contributed by atoms with E-state index in [4.69, 9.17) is 0 Å². The van der Waals surface area contributed by atoms with Crippen LogP contribution in [0.2, 0.25) is 0 Å². The highest BCUT2D eigenvalue weighted by Crippen LogP contribution is 2.19. The summed E-state index contributed by atoms with van der Waals surface area (Å²) in [5.41, 5.74) is 0.165. The smallest absolute Gasteiger partial charge is 0.203 e. The molecule has 78 valence electrons. The maximum atomic E-state index is 4.32. The number of nitrogens with one attached hydrogen (secondary N) is 2. The highest BCUT2D eigenvalue weighted by atomic mass is 15.2. The monoisotopic (exact) mass is 194 g/mol. The van der Waals surface area contributed by atoms with Gasteiger partial charge < -0.3 is 15.2 Å². The van der Waals surface area contributed by atoms with Crippen LogP contribution >= 0.6 is 0 Å². The van der Waals surface area contributed by atoms with Gasteiger partial charge in [-0.2, -0.15) is 0 Å². The van der Waals surface area contributed by atoms with E-state index in [-0.39, 0.29) is 5.54 Å². The van der Waals surface area contributed by atoms with Gasteiger partial charge in [0.15, 0.2) is 0 Å². The van der Waals surface area contributed by atoms with Crippen LogP contribution in [0, 0.1) is 0 Å². The predicted octanol–water partition coefficient (Wildman–Crippen LogP) is 1.07. The first-order valence-corrected chi connectivity index (χ1v) is 5.23. The summed E-state index contributed by atoms with van der Waals surface area (Å²) in [7, 11) is 0. The Morgan fingerprint density at radius 3 is 3.21 bits per heavy atom. The summed E-state index contributed by atoms with van der Waals surface area (Å²) in [6.45, 7) is 7.44. The van der Waals surface area contributed by atoms with E-state index in [1.807, 2.05) is 12.4 Å². The first-order chi connectivity index (χ1) is 6.73. The van der Waals surface area contributed by atoms with Crippen LogP contribution in [0.25, 0.3) is 0 Å². The maximum Gasteiger partial charge on any atom is 0.203 e. The standard InChI is InChI=1S/C10H18N4/c1-3-14-7-6-12-9(14)13-10(2)4-5-11-8-10/h6-7,11H,3-5,8H2,1-2H3,(H,12,13). The van der Waals surface area contributed by atoms with Crippen LogP contribution in [-0.4, -0.2) is 28.2 Å². The molecule has 0 aromatic carbocycles. The summed E-state index contributed by atoms with van der Waals surface area (Å²) in [6, 6.07) is 0. The Hall–Kier alpha value is -1.03. The molecule has 1 aliphatic rings. The van der Waals surface area contributed by atoms with Crippen molar-refractivity contribution in [2.75, 3.05) is 18.4 Å². The molecule has 1 aromatic rings. The maximum absolute atomic E-state index is 4.32. The normalized spacial score (nSPS) is 26.7. The van der Waals surface area contributed by atoms with Crippen molar-refractivity contribution >= 4 is 5.95 Å². The minimum atomic E-state index is 0.165. The lowest BCUT2D eigenvalue weighted by Crippen LogP contribution is -2.37. The third kappa shape index (κ3) is 1.75. The fraction of sp³-hybridized carbons (Fsp3) is 0.700. The number of nitrogens with zero attached hydrogens (tertiary/aromatic N) is 2. The average Bonchev–Trinajstić information content (AvgIpc) is 2.75. The first kappa shape index (κ1) is 9.52. The van der Waals surface area contributed by atoms with Crippen LogP contribution in [-0.2, 0) is 6.54 Å². The molecular formula is C10H18N4. The Bertz CT molecular complexity index is 299. The topological polar surface area (TPSA) is 41.9 Å². The summed E-state index contributed by atoms with van der Waals surface area (Å²) in [5.74, 6) is 0.985. The highest BCUT2D eigenvalue weighted by Gasteiger charge is 2.29. The van der Waals surface area contributed by atoms with Crippen LogP contribution in [0.1, 0.15) is 20.3 Å². The molecule has 1 aromatic heterocycles. The summed E-state index contributed by atoms with van der Waals surface area (Å²) in [5, 5.41) is 6.87. The Morgan fingerprint density at radius 1 is 1.71 bits per heavy atom. The zero-order valence-corrected chi connectivity index (χ0v) is 8.88. The van der Waals surface area contributed by atoms with Crippen molar-refractivity contribution in [3.05, 3.63) is 12.4 Å². The number of aryl methyl sites for hydroxylation is 1. The molecule has 1 unspecified atom stereocenters. The molecule has 2 rings (SSSR count). The van der Waals surface area contributed by atoms with E-state index in [2.05, 4.69) is 34.0 Å². The number of aromatic nitrogens is 2. The van der Waals surface area contributed by atoms with Gasteiger partial charge in [0, 0.05) is 25.5 Å². The van der Waals surface area contributed by atoms with Crippen LogP contribution in [0.3, 0.4) is 0 Å². The molecule has 4 heteroatoms. The van der Waals surface area contributed by atoms with Gasteiger partial charge in [0.1, 0.15) is 0 Å². The van der Waals surface area contributed by atoms with Gasteiger partial charge in [0.25, 0.3) is 0 Å². The van der Waals surface area contributed by atoms with Crippen molar-refractivity contribution in [3.63, 3.8) is 0 Å². The third-order valence-electron chi connectivity index (χ3n) is 2.84. The summed E-state index contributed by atoms with van der Waals surface area (Å²) >= 11 is 0. The average molecular weight is 194 g/mol. The van der Waals surface area contributed by atoms with Gasteiger partial charge in [-0.15, -0.1) is 0 Å². The first-order valence-electron chi connectivity index (χ1n) is 5.23. The number of hydrogen-bond donors (Lipinski definition) is 2. The second-order valence-electron chi connectivity index (χ2n) is 4.15. The van der Waals surface area contributed by atoms with E-state index in [1.165, 1.54) is 0 Å². The van der Waals surface area contributed by atoms with E-state index in [0.29, 0.717) is 0 Å². The van der Waals surface area contributed by atoms with Gasteiger partial charge >= 0.3 is 0 Å². The van der Waals surface area contributed by atoms with E-state index in [1.54, 1.807) is 0 Å². The number of imidazole rings is 1. The summed E-state index contributed by atoms with van der Waals surface area (Å²) in [4.78, 5) is 4.32. The molecule has 0 amide bonds. The molecule has 0 saturated carbocycles. The van der Waals surface area contributed by atoms with Crippen LogP contribution in [0.5, 0.6) is 0 Å². The Balaban J connectivity index is 2.09. The Morgan fingerprint density at radius 2 is 2.57 bits per heavy atom. The number of anilines is 1. The van der Waals surface area contributed by atoms with Gasteiger partial charge in [0.2, 0.25) is 5.95 Å². The third-order valence-corrected chi connectivity index (χ3v) is 2.84. The molecule has 0 radical (unpaired) electrons. The van der Waals surface area contributed by atoms with E-state index in [9.17, 15) is 0 Å². The van der Waals surface area contributed by atoms with Crippen molar-refractivity contribution < 1.29 is 0 Å². The Kier molecular flexibility index (Phi) is 2.46. The molecule has 1 saturated heterocycles. The summed E-state index contributed by atoms with van der Waals surface area (Å²) in [6.07, 6.45) is 5.01. The molecule has 0 bridgehead atoms. The van der Waals surface area contributed by atoms with Gasteiger partial charge in [-0.3, -0.25) is 0 Å². The molecule has 1 atom stereocenters. The minimum absolute atomic E-state index is 0.165. The predicted molar refractivity (Wildman–Crippen MR) is 57.4 cm³/mol. The molecule has 0 aliphatic carbocycles. The largest absolute Gasteiger partial charge is 0.349 e. The molecule has 2 heterocycles. The van der Waals surface area contributed by atoms with E-state index in [0.717, 1.165) is 32.0 Å². The quantitative estimate of drug-likeness (QED) is 0.756. The second kappa shape index (κ2) is 3.61. The van der Waals surface area contributed by atoms with Gasteiger partial charge in [0.05, 0.1) is 5.54 Å². The van der Waals surface area contributed by atoms with E-state index >= 15 is 0 Å². The zero-order chi connectivity index (χ0) is 10.0. The molecule has 14 heavy (non-hydrogen) atoms. The number of hydrogen-bond acceptors (Lipinski definition) is 3. The summed E-state index contributed by atoms with van der Waals surface area (Å²) < 4.78 is 2.13. The van der Waals surface area contributed by atoms with Crippen LogP contribution in [0.15, 0.2) is 12.4 Å². The van der Waals surface area contributed by atoms with Crippen molar-refractivity contribution in [2.24, 2.45) is 0 Å². The Labute approximate surface area is 84.7 Å². The zero-order valence-electron chi connectivity index (χ0n) is 8.88. The lowest BCUT2D eigenvalue weighted by molar-refractivity contribution is 0.554. The molecule has 4 nitrogen and oxygen atoms in total. The van der Waals surface area contributed by atoms with Crippen LogP contribution in [0.4, 0.5) is 5.95 Å². The molecular weight excluding hydrogens is 176 g/mol. The molecule has 1 fully saturated rings. The van der Waals surface area contributed by atoms with Crippen LogP contribution < -0.4 is 10.6 Å². The lowest BCUT2D eigenvalue weighted by atomic mass is 10.0. The van der Waals surface area contributed by atoms with Gasteiger partial charge in [-0.25, -0.2) is 4.98 Å². The SMILES string of the molecule is CCn1ccnc1NC1(C)CCNC1. The highest BCUT2D eigenvalue weighted by molar-refractivity contribution is 5.31. The van der Waals surface area contributed by atoms with Gasteiger partial charge in [-0.1, -0.05) is 0 Å². The fourth-order valence-electron chi connectivity index (χ4n) is 1.88. The second-order valence-corrected chi connectivity index (χ2v) is 4.15. The lowest BCUT2D eigenvalue weighted by Gasteiger charge is -2.25. The van der Waals surface area contributed by atoms with Crippen molar-refractivity contribution in [1.82, 2.24) is 14.9 Å². The molecule has 0 spiro atoms. The molecule has 1 aliphatic heterocycles. The van der Waals surface area contributed by atoms with Crippen molar-refractivity contribution in [1.29, 1.82) is 0 Å². The number of rotatable bonds is 3.